The zero-order chi connectivity index (χ0) is 17.5. The summed E-state index contributed by atoms with van der Waals surface area (Å²) in [5.74, 6) is -0.0540. The molecule has 1 amide bonds. The second-order valence-electron chi connectivity index (χ2n) is 6.04. The summed E-state index contributed by atoms with van der Waals surface area (Å²) in [6.07, 6.45) is 1.06. The Balaban J connectivity index is 1.98. The van der Waals surface area contributed by atoms with Crippen LogP contribution in [0.4, 0.5) is 11.4 Å². The molecule has 0 aromatic heterocycles. The third kappa shape index (κ3) is 5.55. The molecule has 4 nitrogen and oxygen atoms in total. The fourth-order valence-electron chi connectivity index (χ4n) is 2.35. The van der Waals surface area contributed by atoms with Crippen molar-refractivity contribution in [2.24, 2.45) is 5.73 Å². The molecule has 0 fully saturated rings. The predicted molar refractivity (Wildman–Crippen MR) is 101 cm³/mol. The quantitative estimate of drug-likeness (QED) is 0.688. The number of nitrogens with two attached hydrogens (primary N) is 1. The molecule has 0 bridgehead atoms. The number of hydrogen-bond acceptors (Lipinski definition) is 3. The van der Waals surface area contributed by atoms with Crippen LogP contribution in [0.5, 0.6) is 0 Å². The van der Waals surface area contributed by atoms with Crippen LogP contribution in [0.2, 0.25) is 5.02 Å². The Labute approximate surface area is 148 Å². The van der Waals surface area contributed by atoms with Crippen molar-refractivity contribution >= 4 is 28.9 Å². The van der Waals surface area contributed by atoms with Gasteiger partial charge in [0.25, 0.3) is 0 Å². The van der Waals surface area contributed by atoms with Gasteiger partial charge in [0, 0.05) is 24.2 Å². The highest BCUT2D eigenvalue weighted by atomic mass is 35.5. The van der Waals surface area contributed by atoms with Crippen LogP contribution in [0.15, 0.2) is 48.5 Å². The maximum atomic E-state index is 11.9. The van der Waals surface area contributed by atoms with E-state index in [2.05, 4.69) is 29.7 Å². The fourth-order valence-corrected chi connectivity index (χ4v) is 2.59. The lowest BCUT2D eigenvalue weighted by atomic mass is 10.1. The molecule has 0 saturated heterocycles. The molecule has 0 aliphatic carbocycles. The Bertz CT molecular complexity index is 674. The minimum absolute atomic E-state index is 0.0189. The van der Waals surface area contributed by atoms with Gasteiger partial charge >= 0.3 is 0 Å². The number of amides is 1. The summed E-state index contributed by atoms with van der Waals surface area (Å²) < 4.78 is 0. The van der Waals surface area contributed by atoms with Gasteiger partial charge in [0.1, 0.15) is 0 Å². The minimum Gasteiger partial charge on any atom is -0.377 e. The summed E-state index contributed by atoms with van der Waals surface area (Å²) >= 11 is 6.34. The molecule has 0 radical (unpaired) electrons. The maximum Gasteiger partial charge on any atom is 0.224 e. The first-order valence-electron chi connectivity index (χ1n) is 8.12. The van der Waals surface area contributed by atoms with Crippen LogP contribution in [0.1, 0.15) is 38.3 Å². The van der Waals surface area contributed by atoms with Crippen LogP contribution >= 0.6 is 11.6 Å². The normalized spacial score (nSPS) is 13.2. The molecule has 2 atom stereocenters. The van der Waals surface area contributed by atoms with Crippen molar-refractivity contribution in [2.75, 3.05) is 10.6 Å². The summed E-state index contributed by atoms with van der Waals surface area (Å²) in [6, 6.07) is 15.8. The number of halogens is 1. The molecule has 2 rings (SSSR count). The monoisotopic (exact) mass is 345 g/mol. The van der Waals surface area contributed by atoms with Crippen molar-refractivity contribution in [1.29, 1.82) is 0 Å². The Morgan fingerprint density at radius 3 is 2.50 bits per heavy atom. The van der Waals surface area contributed by atoms with E-state index in [4.69, 9.17) is 17.3 Å². The molecule has 2 unspecified atom stereocenters. The van der Waals surface area contributed by atoms with E-state index in [0.717, 1.165) is 5.69 Å². The first-order chi connectivity index (χ1) is 11.5. The Hall–Kier alpha value is -2.04. The first-order valence-corrected chi connectivity index (χ1v) is 8.50. The Morgan fingerprint density at radius 1 is 1.17 bits per heavy atom. The number of rotatable bonds is 7. The summed E-state index contributed by atoms with van der Waals surface area (Å²) in [5, 5.41) is 6.80. The van der Waals surface area contributed by atoms with E-state index in [-0.39, 0.29) is 18.0 Å². The van der Waals surface area contributed by atoms with Gasteiger partial charge in [0.05, 0.1) is 10.7 Å². The average molecular weight is 346 g/mol. The van der Waals surface area contributed by atoms with E-state index in [1.54, 1.807) is 6.07 Å². The fraction of sp³-hybridized carbons (Fsp3) is 0.316. The van der Waals surface area contributed by atoms with E-state index in [0.29, 0.717) is 23.6 Å². The van der Waals surface area contributed by atoms with Crippen LogP contribution in [0.3, 0.4) is 0 Å². The highest BCUT2D eigenvalue weighted by Crippen LogP contribution is 2.29. The standard InChI is InChI=1S/C19H24ClN3O/c1-13(21)8-11-19(24)23-16-9-10-18(17(20)12-16)22-14(2)15-6-4-3-5-7-15/h3-7,9-10,12-14,22H,8,11,21H2,1-2H3,(H,23,24). The number of hydrogen-bond donors (Lipinski definition) is 3. The number of benzene rings is 2. The number of anilines is 2. The number of carbonyl (C=O) groups is 1. The van der Waals surface area contributed by atoms with Crippen molar-refractivity contribution in [3.8, 4) is 0 Å². The highest BCUT2D eigenvalue weighted by Gasteiger charge is 2.09. The average Bonchev–Trinajstić information content (AvgIpc) is 2.56. The first kappa shape index (κ1) is 18.3. The topological polar surface area (TPSA) is 67.2 Å². The lowest BCUT2D eigenvalue weighted by Gasteiger charge is -2.17. The Morgan fingerprint density at radius 2 is 1.88 bits per heavy atom. The zero-order valence-corrected chi connectivity index (χ0v) is 14.8. The molecule has 0 aliphatic heterocycles. The molecule has 0 spiro atoms. The Kier molecular flexibility index (Phi) is 6.64. The molecule has 0 aliphatic rings. The molecule has 128 valence electrons. The number of nitrogens with one attached hydrogen (secondary N) is 2. The molecule has 24 heavy (non-hydrogen) atoms. The van der Waals surface area contributed by atoms with Gasteiger partial charge in [-0.15, -0.1) is 0 Å². The van der Waals surface area contributed by atoms with Crippen LogP contribution in [-0.4, -0.2) is 11.9 Å². The molecule has 5 heteroatoms. The SMILES string of the molecule is CC(N)CCC(=O)Nc1ccc(NC(C)c2ccccc2)c(Cl)c1. The van der Waals surface area contributed by atoms with Crippen LogP contribution in [-0.2, 0) is 4.79 Å². The summed E-state index contributed by atoms with van der Waals surface area (Å²) in [4.78, 5) is 11.9. The van der Waals surface area contributed by atoms with E-state index in [9.17, 15) is 4.79 Å². The third-order valence-corrected chi connectivity index (χ3v) is 4.06. The van der Waals surface area contributed by atoms with Crippen molar-refractivity contribution in [3.05, 3.63) is 59.1 Å². The molecule has 0 heterocycles. The van der Waals surface area contributed by atoms with Gasteiger partial charge in [-0.25, -0.2) is 0 Å². The van der Waals surface area contributed by atoms with Crippen molar-refractivity contribution < 1.29 is 4.79 Å². The lowest BCUT2D eigenvalue weighted by Crippen LogP contribution is -2.19. The van der Waals surface area contributed by atoms with Gasteiger partial charge in [-0.1, -0.05) is 41.9 Å². The molecular weight excluding hydrogens is 322 g/mol. The molecule has 2 aromatic rings. The van der Waals surface area contributed by atoms with Crippen molar-refractivity contribution in [3.63, 3.8) is 0 Å². The molecular formula is C19H24ClN3O. The second-order valence-corrected chi connectivity index (χ2v) is 6.44. The smallest absolute Gasteiger partial charge is 0.224 e. The zero-order valence-electron chi connectivity index (χ0n) is 14.1. The van der Waals surface area contributed by atoms with Gasteiger partial charge in [-0.2, -0.15) is 0 Å². The largest absolute Gasteiger partial charge is 0.377 e. The van der Waals surface area contributed by atoms with E-state index < -0.39 is 0 Å². The predicted octanol–water partition coefficient (Wildman–Crippen LogP) is 4.58. The van der Waals surface area contributed by atoms with E-state index >= 15 is 0 Å². The number of carbonyl (C=O) groups excluding carboxylic acids is 1. The molecule has 0 saturated carbocycles. The lowest BCUT2D eigenvalue weighted by molar-refractivity contribution is -0.116. The summed E-state index contributed by atoms with van der Waals surface area (Å²) in [7, 11) is 0. The highest BCUT2D eigenvalue weighted by molar-refractivity contribution is 6.33. The second kappa shape index (κ2) is 8.71. The molecule has 4 N–H and O–H groups in total. The van der Waals surface area contributed by atoms with Crippen LogP contribution in [0.25, 0.3) is 0 Å². The van der Waals surface area contributed by atoms with Gasteiger partial charge in [-0.05, 0) is 44.0 Å². The van der Waals surface area contributed by atoms with Gasteiger partial charge in [-0.3, -0.25) is 4.79 Å². The third-order valence-electron chi connectivity index (χ3n) is 3.75. The maximum absolute atomic E-state index is 11.9. The molecule has 2 aromatic carbocycles. The van der Waals surface area contributed by atoms with Crippen LogP contribution < -0.4 is 16.4 Å². The summed E-state index contributed by atoms with van der Waals surface area (Å²) in [5.41, 5.74) is 8.37. The van der Waals surface area contributed by atoms with Crippen molar-refractivity contribution in [1.82, 2.24) is 0 Å². The van der Waals surface area contributed by atoms with Crippen LogP contribution in [0, 0.1) is 0 Å². The van der Waals surface area contributed by atoms with Crippen molar-refractivity contribution in [2.45, 2.75) is 38.8 Å². The minimum atomic E-state index is -0.0540. The van der Waals surface area contributed by atoms with Gasteiger partial charge in [0.15, 0.2) is 0 Å². The summed E-state index contributed by atoms with van der Waals surface area (Å²) in [6.45, 7) is 3.97. The van der Waals surface area contributed by atoms with Gasteiger partial charge in [0.2, 0.25) is 5.91 Å². The van der Waals surface area contributed by atoms with Gasteiger partial charge < -0.3 is 16.4 Å². The van der Waals surface area contributed by atoms with E-state index in [1.807, 2.05) is 37.3 Å². The van der Waals surface area contributed by atoms with E-state index in [1.165, 1.54) is 5.56 Å².